The van der Waals surface area contributed by atoms with Crippen molar-refractivity contribution in [2.24, 2.45) is 0 Å². The van der Waals surface area contributed by atoms with Crippen molar-refractivity contribution < 1.29 is 19.4 Å². The number of rotatable bonds is 10. The van der Waals surface area contributed by atoms with Crippen LogP contribution >= 0.6 is 0 Å². The Hall–Kier alpha value is -7.89. The third-order valence-corrected chi connectivity index (χ3v) is 12.7. The SMILES string of the molecule is O=C1OC(C(=Cc2ccccc2)c2ccccc2)=C(c2ccccc2)C1(c1ccccc1)C1(O)OC2(C(c3ccccc3)=C2c2ccccc2)C(c2ccccc2)=C1c1ccccc1. The maximum atomic E-state index is 16.3. The molecule has 4 nitrogen and oxygen atoms in total. The summed E-state index contributed by atoms with van der Waals surface area (Å²) in [6, 6.07) is 79.8. The molecule has 0 fully saturated rings. The van der Waals surface area contributed by atoms with Gasteiger partial charge in [0.25, 0.3) is 0 Å². The first-order valence-corrected chi connectivity index (χ1v) is 21.6. The van der Waals surface area contributed by atoms with Crippen LogP contribution in [0.4, 0.5) is 0 Å². The standard InChI is InChI=1S/C60H42O4/c61-57-58(49-39-23-8-24-40-49,55(48-37-21-7-22-38-48)56(63-57)50(43-27-11-2-12-28-43)41-42-25-9-1-10-26-42)60(62)54(47-35-19-6-20-36-47)53(46-33-17-5-18-34-46)59(64-60)51(44-29-13-3-14-30-44)52(59)45-31-15-4-16-32-45/h1-41,62H. The van der Waals surface area contributed by atoms with Crippen molar-refractivity contribution in [1.82, 2.24) is 0 Å². The molecule has 1 spiro atoms. The molecule has 2 unspecified atom stereocenters. The Morgan fingerprint density at radius 3 is 1.19 bits per heavy atom. The molecule has 0 saturated carbocycles. The Balaban J connectivity index is 1.31. The fraction of sp³-hybridized carbons (Fsp3) is 0.0500. The predicted octanol–water partition coefficient (Wildman–Crippen LogP) is 12.8. The van der Waals surface area contributed by atoms with Gasteiger partial charge in [0, 0.05) is 33.4 Å². The van der Waals surface area contributed by atoms with Gasteiger partial charge in [-0.2, -0.15) is 0 Å². The summed E-state index contributed by atoms with van der Waals surface area (Å²) in [5.74, 6) is -2.75. The van der Waals surface area contributed by atoms with Crippen LogP contribution in [0, 0.1) is 0 Å². The number of carbonyl (C=O) groups excluding carboxylic acids is 1. The Kier molecular flexibility index (Phi) is 9.62. The molecule has 1 aliphatic carbocycles. The minimum Gasteiger partial charge on any atom is -0.424 e. The highest BCUT2D eigenvalue weighted by molar-refractivity contribution is 6.31. The number of esters is 1. The second-order valence-corrected chi connectivity index (χ2v) is 16.3. The molecule has 306 valence electrons. The van der Waals surface area contributed by atoms with E-state index in [4.69, 9.17) is 9.47 Å². The fourth-order valence-corrected chi connectivity index (χ4v) is 10.1. The zero-order chi connectivity index (χ0) is 43.1. The number of hydrogen-bond acceptors (Lipinski definition) is 4. The monoisotopic (exact) mass is 826 g/mol. The summed E-state index contributed by atoms with van der Waals surface area (Å²) in [7, 11) is 0. The van der Waals surface area contributed by atoms with Gasteiger partial charge in [-0.1, -0.05) is 243 Å². The van der Waals surface area contributed by atoms with Crippen LogP contribution in [0.25, 0.3) is 39.5 Å². The summed E-state index contributed by atoms with van der Waals surface area (Å²) in [4.78, 5) is 16.3. The summed E-state index contributed by atoms with van der Waals surface area (Å²) in [6.45, 7) is 0. The van der Waals surface area contributed by atoms with Crippen LogP contribution < -0.4 is 0 Å². The molecular weight excluding hydrogens is 785 g/mol. The molecule has 8 aromatic rings. The summed E-state index contributed by atoms with van der Waals surface area (Å²) in [5.41, 5.74) is 7.32. The van der Waals surface area contributed by atoms with Gasteiger partial charge in [-0.05, 0) is 50.6 Å². The first-order chi connectivity index (χ1) is 31.6. The highest BCUT2D eigenvalue weighted by Gasteiger charge is 2.77. The van der Waals surface area contributed by atoms with Crippen LogP contribution in [0.5, 0.6) is 0 Å². The van der Waals surface area contributed by atoms with Crippen molar-refractivity contribution in [1.29, 1.82) is 0 Å². The molecule has 2 atom stereocenters. The Bertz CT molecular complexity index is 3080. The van der Waals surface area contributed by atoms with Crippen molar-refractivity contribution in [2.75, 3.05) is 0 Å². The molecule has 11 rings (SSSR count). The van der Waals surface area contributed by atoms with E-state index in [0.29, 0.717) is 39.2 Å². The van der Waals surface area contributed by atoms with Gasteiger partial charge in [-0.3, -0.25) is 4.79 Å². The number of carbonyl (C=O) groups is 1. The number of allylic oxidation sites excluding steroid dienone is 1. The fourth-order valence-electron chi connectivity index (χ4n) is 10.1. The van der Waals surface area contributed by atoms with Crippen LogP contribution in [0.1, 0.15) is 44.5 Å². The van der Waals surface area contributed by atoms with E-state index < -0.39 is 22.8 Å². The van der Waals surface area contributed by atoms with E-state index in [1.54, 1.807) is 0 Å². The molecule has 1 N–H and O–H groups in total. The molecule has 8 aromatic carbocycles. The molecule has 0 aromatic heterocycles. The average Bonchev–Trinajstić information content (AvgIpc) is 3.77. The lowest BCUT2D eigenvalue weighted by Crippen LogP contribution is -2.58. The highest BCUT2D eigenvalue weighted by atomic mass is 16.7. The van der Waals surface area contributed by atoms with Crippen molar-refractivity contribution in [2.45, 2.75) is 16.8 Å². The highest BCUT2D eigenvalue weighted by Crippen LogP contribution is 2.75. The molecule has 0 radical (unpaired) electrons. The number of cyclic esters (lactones) is 1. The van der Waals surface area contributed by atoms with Crippen LogP contribution in [-0.4, -0.2) is 22.5 Å². The molecular formula is C60H42O4. The van der Waals surface area contributed by atoms with Gasteiger partial charge < -0.3 is 14.6 Å². The largest absolute Gasteiger partial charge is 0.424 e. The smallest absolute Gasteiger partial charge is 0.332 e. The lowest BCUT2D eigenvalue weighted by Gasteiger charge is -2.43. The predicted molar refractivity (Wildman–Crippen MR) is 256 cm³/mol. The molecule has 0 amide bonds. The minimum atomic E-state index is -2.42. The number of hydrogen-bond donors (Lipinski definition) is 1. The number of aliphatic hydroxyl groups is 1. The summed E-state index contributed by atoms with van der Waals surface area (Å²) < 4.78 is 14.8. The van der Waals surface area contributed by atoms with E-state index in [2.05, 4.69) is 42.5 Å². The zero-order valence-corrected chi connectivity index (χ0v) is 34.8. The van der Waals surface area contributed by atoms with E-state index in [0.717, 1.165) is 44.5 Å². The average molecular weight is 827 g/mol. The third kappa shape index (κ3) is 6.03. The van der Waals surface area contributed by atoms with Crippen molar-refractivity contribution in [3.63, 3.8) is 0 Å². The van der Waals surface area contributed by atoms with E-state index >= 15 is 4.79 Å². The van der Waals surface area contributed by atoms with Crippen LogP contribution in [0.3, 0.4) is 0 Å². The Morgan fingerprint density at radius 2 is 0.750 bits per heavy atom. The summed E-state index contributed by atoms with van der Waals surface area (Å²) in [6.07, 6.45) is 2.05. The van der Waals surface area contributed by atoms with Crippen LogP contribution in [-0.2, 0) is 19.7 Å². The van der Waals surface area contributed by atoms with E-state index in [-0.39, 0.29) is 0 Å². The second kappa shape index (κ2) is 15.8. The summed E-state index contributed by atoms with van der Waals surface area (Å²) in [5, 5.41) is 14.9. The van der Waals surface area contributed by atoms with Crippen molar-refractivity contribution in [3.05, 3.63) is 293 Å². The van der Waals surface area contributed by atoms with E-state index in [1.165, 1.54) is 0 Å². The van der Waals surface area contributed by atoms with E-state index in [9.17, 15) is 5.11 Å². The summed E-state index contributed by atoms with van der Waals surface area (Å²) >= 11 is 0. The molecule has 4 heteroatoms. The first-order valence-electron chi connectivity index (χ1n) is 21.6. The van der Waals surface area contributed by atoms with Gasteiger partial charge in [-0.25, -0.2) is 0 Å². The van der Waals surface area contributed by atoms with Gasteiger partial charge in [0.1, 0.15) is 5.76 Å². The molecule has 0 saturated heterocycles. The minimum absolute atomic E-state index is 0.331. The van der Waals surface area contributed by atoms with E-state index in [1.807, 2.05) is 206 Å². The molecule has 3 aliphatic rings. The van der Waals surface area contributed by atoms with Gasteiger partial charge in [0.15, 0.2) is 11.0 Å². The van der Waals surface area contributed by atoms with Gasteiger partial charge >= 0.3 is 5.97 Å². The van der Waals surface area contributed by atoms with Crippen molar-refractivity contribution in [3.8, 4) is 0 Å². The lowest BCUT2D eigenvalue weighted by atomic mass is 9.63. The van der Waals surface area contributed by atoms with Gasteiger partial charge in [0.05, 0.1) is 0 Å². The van der Waals surface area contributed by atoms with Gasteiger partial charge in [-0.15, -0.1) is 0 Å². The van der Waals surface area contributed by atoms with Crippen LogP contribution in [0.15, 0.2) is 248 Å². The molecule has 0 bridgehead atoms. The maximum absolute atomic E-state index is 16.3. The number of ether oxygens (including phenoxy) is 2. The molecule has 2 aliphatic heterocycles. The van der Waals surface area contributed by atoms with Crippen LogP contribution in [0.2, 0.25) is 0 Å². The second-order valence-electron chi connectivity index (χ2n) is 16.3. The topological polar surface area (TPSA) is 55.8 Å². The first kappa shape index (κ1) is 39.0. The zero-order valence-electron chi connectivity index (χ0n) is 34.8. The molecule has 64 heavy (non-hydrogen) atoms. The quantitative estimate of drug-likeness (QED) is 0.110. The normalized spacial score (nSPS) is 20.2. The number of benzene rings is 8. The Labute approximate surface area is 373 Å². The molecule has 2 heterocycles. The maximum Gasteiger partial charge on any atom is 0.332 e. The lowest BCUT2D eigenvalue weighted by molar-refractivity contribution is -0.202. The van der Waals surface area contributed by atoms with Crippen molar-refractivity contribution >= 4 is 45.5 Å². The third-order valence-electron chi connectivity index (χ3n) is 12.7. The Morgan fingerprint density at radius 1 is 0.406 bits per heavy atom. The van der Waals surface area contributed by atoms with Gasteiger partial charge in [0.2, 0.25) is 5.79 Å².